The molecule has 42 heavy (non-hydrogen) atoms. The summed E-state index contributed by atoms with van der Waals surface area (Å²) in [6.07, 6.45) is 6.28. The van der Waals surface area contributed by atoms with Gasteiger partial charge in [0.25, 0.3) is 5.91 Å². The maximum atomic E-state index is 13.8. The first-order valence-electron chi connectivity index (χ1n) is 15.1. The van der Waals surface area contributed by atoms with Gasteiger partial charge in [0.1, 0.15) is 18.5 Å². The number of aromatic nitrogens is 2. The lowest BCUT2D eigenvalue weighted by atomic mass is 9.71. The van der Waals surface area contributed by atoms with E-state index in [0.29, 0.717) is 38.3 Å². The van der Waals surface area contributed by atoms with E-state index in [9.17, 15) is 9.18 Å². The fraction of sp³-hybridized carbons (Fsp3) is 0.562. The van der Waals surface area contributed by atoms with Crippen LogP contribution in [-0.2, 0) is 29.7 Å². The van der Waals surface area contributed by atoms with Crippen LogP contribution >= 0.6 is 0 Å². The number of likely N-dealkylation sites (tertiary alicyclic amines) is 1. The molecule has 0 bridgehead atoms. The first-order valence-corrected chi connectivity index (χ1v) is 15.1. The van der Waals surface area contributed by atoms with Crippen molar-refractivity contribution in [1.82, 2.24) is 24.7 Å². The van der Waals surface area contributed by atoms with Gasteiger partial charge in [-0.15, -0.1) is 0 Å². The number of hydrogen-bond acceptors (Lipinski definition) is 7. The summed E-state index contributed by atoms with van der Waals surface area (Å²) in [5.41, 5.74) is 4.71. The fourth-order valence-electron chi connectivity index (χ4n) is 7.50. The number of piperazine rings is 1. The Balaban J connectivity index is 1.37. The van der Waals surface area contributed by atoms with Crippen molar-refractivity contribution in [2.45, 2.75) is 62.7 Å². The highest BCUT2D eigenvalue weighted by Gasteiger charge is 2.45. The summed E-state index contributed by atoms with van der Waals surface area (Å²) in [6.45, 7) is 14.2. The van der Waals surface area contributed by atoms with Crippen LogP contribution in [0.15, 0.2) is 36.7 Å². The van der Waals surface area contributed by atoms with Crippen LogP contribution in [0.4, 0.5) is 10.2 Å². The van der Waals surface area contributed by atoms with Crippen molar-refractivity contribution in [1.29, 1.82) is 0 Å². The summed E-state index contributed by atoms with van der Waals surface area (Å²) in [4.78, 5) is 34.5. The van der Waals surface area contributed by atoms with Gasteiger partial charge in [0, 0.05) is 44.2 Å². The van der Waals surface area contributed by atoms with Crippen molar-refractivity contribution in [2.24, 2.45) is 0 Å². The molecular formula is C32H40FN7O2. The molecule has 4 heterocycles. The van der Waals surface area contributed by atoms with Gasteiger partial charge in [0.15, 0.2) is 5.83 Å². The minimum Gasteiger partial charge on any atom is -0.462 e. The van der Waals surface area contributed by atoms with Crippen LogP contribution in [0.2, 0.25) is 0 Å². The van der Waals surface area contributed by atoms with E-state index < -0.39 is 17.8 Å². The number of likely N-dealkylation sites (N-methyl/N-ethyl adjacent to an activating group) is 2. The predicted octanol–water partition coefficient (Wildman–Crippen LogP) is 3.59. The largest absolute Gasteiger partial charge is 0.462 e. The molecule has 3 aliphatic heterocycles. The van der Waals surface area contributed by atoms with Crippen LogP contribution in [0.25, 0.3) is 4.85 Å². The number of carbonyl (C=O) groups excluding carboxylic acids is 1. The smallest absolute Gasteiger partial charge is 0.318 e. The minimum absolute atomic E-state index is 0.0833. The highest BCUT2D eigenvalue weighted by atomic mass is 19.1. The highest BCUT2D eigenvalue weighted by Crippen LogP contribution is 2.47. The Labute approximate surface area is 247 Å². The number of halogens is 1. The van der Waals surface area contributed by atoms with E-state index in [1.165, 1.54) is 16.0 Å². The Bertz CT molecular complexity index is 1410. The maximum absolute atomic E-state index is 13.8. The van der Waals surface area contributed by atoms with Crippen molar-refractivity contribution in [3.63, 3.8) is 0 Å². The van der Waals surface area contributed by atoms with Gasteiger partial charge in [-0.25, -0.2) is 11.0 Å². The Hall–Kier alpha value is -3.55. The molecule has 1 aromatic carbocycles. The lowest BCUT2D eigenvalue weighted by Gasteiger charge is -2.50. The van der Waals surface area contributed by atoms with Crippen molar-refractivity contribution in [3.05, 3.63) is 70.5 Å². The molecule has 0 N–H and O–H groups in total. The SMILES string of the molecule is [C-]#[N+]C[C@H]1CN(c2nc(OC[C@@H]3CCCN3C)nc3c2CN(C)C2(CCCc4ccccc42)C3)CCN1C(=O)C(=C)F. The summed E-state index contributed by atoms with van der Waals surface area (Å²) in [6, 6.07) is 9.04. The van der Waals surface area contributed by atoms with Gasteiger partial charge in [0.05, 0.1) is 11.2 Å². The Morgan fingerprint density at radius 2 is 2.02 bits per heavy atom. The average molecular weight is 574 g/mol. The molecule has 6 rings (SSSR count). The molecule has 2 saturated heterocycles. The van der Waals surface area contributed by atoms with E-state index in [0.717, 1.165) is 62.1 Å². The molecule has 2 fully saturated rings. The lowest BCUT2D eigenvalue weighted by Crippen LogP contribution is -2.57. The fourth-order valence-corrected chi connectivity index (χ4v) is 7.50. The van der Waals surface area contributed by atoms with Gasteiger partial charge in [-0.05, 0) is 63.9 Å². The molecule has 0 saturated carbocycles. The summed E-state index contributed by atoms with van der Waals surface area (Å²) in [5.74, 6) is -0.942. The number of benzene rings is 1. The van der Waals surface area contributed by atoms with E-state index in [1.54, 1.807) is 0 Å². The monoisotopic (exact) mass is 573 g/mol. The number of fused-ring (bicyclic) bond motifs is 3. The zero-order chi connectivity index (χ0) is 29.4. The minimum atomic E-state index is -0.995. The number of aryl methyl sites for hydroxylation is 1. The van der Waals surface area contributed by atoms with Gasteiger partial charge < -0.3 is 24.3 Å². The van der Waals surface area contributed by atoms with E-state index in [-0.39, 0.29) is 18.6 Å². The third kappa shape index (κ3) is 5.13. The number of amides is 1. The Kier molecular flexibility index (Phi) is 7.90. The molecule has 1 amide bonds. The van der Waals surface area contributed by atoms with Crippen molar-refractivity contribution >= 4 is 11.7 Å². The van der Waals surface area contributed by atoms with Crippen LogP contribution in [0, 0.1) is 6.57 Å². The molecule has 4 aliphatic rings. The standard InChI is InChI=1S/C32H40FN7O2/c1-22(33)30(41)40-16-15-39(19-25(40)18-34-2)29-26-20-38(4)32(13-7-10-23-9-5-6-12-27(23)32)17-28(26)35-31(36-29)42-21-24-11-8-14-37(24)3/h5-6,9,12,24-25H,1,7-8,10-11,13-21H2,3-4H3/t24-,25-,32?/m0/s1. The molecule has 1 unspecified atom stereocenters. The number of nitrogens with zero attached hydrogens (tertiary/aromatic N) is 7. The second-order valence-electron chi connectivity index (χ2n) is 12.3. The molecular weight excluding hydrogens is 533 g/mol. The number of ether oxygens (including phenoxy) is 1. The quantitative estimate of drug-likeness (QED) is 0.387. The van der Waals surface area contributed by atoms with E-state index in [1.807, 2.05) is 0 Å². The summed E-state index contributed by atoms with van der Waals surface area (Å²) >= 11 is 0. The molecule has 222 valence electrons. The number of carbonyl (C=O) groups is 1. The zero-order valence-corrected chi connectivity index (χ0v) is 24.7. The zero-order valence-electron chi connectivity index (χ0n) is 24.7. The van der Waals surface area contributed by atoms with Gasteiger partial charge in [-0.1, -0.05) is 30.8 Å². The summed E-state index contributed by atoms with van der Waals surface area (Å²) in [5, 5.41) is 0. The van der Waals surface area contributed by atoms with Crippen molar-refractivity contribution in [2.75, 3.05) is 58.3 Å². The molecule has 3 atom stereocenters. The van der Waals surface area contributed by atoms with Crippen LogP contribution in [0.3, 0.4) is 0 Å². The average Bonchev–Trinajstić information content (AvgIpc) is 3.40. The summed E-state index contributed by atoms with van der Waals surface area (Å²) < 4.78 is 20.1. The van der Waals surface area contributed by atoms with E-state index in [4.69, 9.17) is 21.3 Å². The Morgan fingerprint density at radius 1 is 1.19 bits per heavy atom. The predicted molar refractivity (Wildman–Crippen MR) is 159 cm³/mol. The normalized spacial score (nSPS) is 26.0. The molecule has 1 aliphatic carbocycles. The van der Waals surface area contributed by atoms with Crippen LogP contribution < -0.4 is 9.64 Å². The third-order valence-electron chi connectivity index (χ3n) is 9.85. The van der Waals surface area contributed by atoms with Crippen LogP contribution in [-0.4, -0.2) is 96.1 Å². The van der Waals surface area contributed by atoms with Gasteiger partial charge in [-0.3, -0.25) is 9.69 Å². The first kappa shape index (κ1) is 28.6. The van der Waals surface area contributed by atoms with Gasteiger partial charge >= 0.3 is 6.01 Å². The molecule has 0 radical (unpaired) electrons. The first-order chi connectivity index (χ1) is 20.3. The highest BCUT2D eigenvalue weighted by molar-refractivity contribution is 5.91. The molecule has 2 aromatic rings. The molecule has 9 nitrogen and oxygen atoms in total. The van der Waals surface area contributed by atoms with Gasteiger partial charge in [-0.2, -0.15) is 9.97 Å². The van der Waals surface area contributed by atoms with Crippen LogP contribution in [0.1, 0.15) is 48.1 Å². The second kappa shape index (κ2) is 11.6. The Morgan fingerprint density at radius 3 is 2.79 bits per heavy atom. The van der Waals surface area contributed by atoms with E-state index in [2.05, 4.69) is 64.5 Å². The second-order valence-corrected chi connectivity index (χ2v) is 12.3. The lowest BCUT2D eigenvalue weighted by molar-refractivity contribution is -0.131. The topological polar surface area (TPSA) is 69.4 Å². The van der Waals surface area contributed by atoms with E-state index >= 15 is 0 Å². The molecule has 1 spiro atoms. The number of rotatable bonds is 6. The van der Waals surface area contributed by atoms with Crippen LogP contribution in [0.5, 0.6) is 6.01 Å². The van der Waals surface area contributed by atoms with Crippen molar-refractivity contribution < 1.29 is 13.9 Å². The molecule has 10 heteroatoms. The summed E-state index contributed by atoms with van der Waals surface area (Å²) in [7, 11) is 4.32. The maximum Gasteiger partial charge on any atom is 0.318 e. The number of anilines is 1. The molecule has 1 aromatic heterocycles. The number of hydrogen-bond donors (Lipinski definition) is 0. The van der Waals surface area contributed by atoms with Gasteiger partial charge in [0.2, 0.25) is 6.54 Å². The van der Waals surface area contributed by atoms with Crippen molar-refractivity contribution in [3.8, 4) is 6.01 Å². The third-order valence-corrected chi connectivity index (χ3v) is 9.85.